The summed E-state index contributed by atoms with van der Waals surface area (Å²) in [5.41, 5.74) is 1.09. The van der Waals surface area contributed by atoms with Crippen LogP contribution in [-0.2, 0) is 0 Å². The number of carbonyl (C=O) groups excluding carboxylic acids is 1. The molecule has 0 bridgehead atoms. The van der Waals surface area contributed by atoms with Crippen molar-refractivity contribution in [3.05, 3.63) is 41.4 Å². The van der Waals surface area contributed by atoms with Gasteiger partial charge in [-0.3, -0.25) is 4.79 Å². The Balaban J connectivity index is 2.32. The molecule has 0 spiro atoms. The van der Waals surface area contributed by atoms with Gasteiger partial charge in [0.1, 0.15) is 0 Å². The van der Waals surface area contributed by atoms with Crippen LogP contribution in [0.3, 0.4) is 0 Å². The van der Waals surface area contributed by atoms with Crippen LogP contribution in [0.1, 0.15) is 16.6 Å². The Morgan fingerprint density at radius 3 is 2.69 bits per heavy atom. The lowest BCUT2D eigenvalue weighted by Crippen LogP contribution is -2.15. The smallest absolute Gasteiger partial charge is 0.190 e. The SMILES string of the molecule is CCN(c1ccccc1)c1ncc(C=O)s1. The molecule has 0 N–H and O–H groups in total. The van der Waals surface area contributed by atoms with E-state index in [2.05, 4.69) is 16.8 Å². The molecule has 1 aromatic heterocycles. The average molecular weight is 232 g/mol. The Bertz CT molecular complexity index is 467. The molecule has 82 valence electrons. The van der Waals surface area contributed by atoms with Crippen LogP contribution in [0.2, 0.25) is 0 Å². The number of hydrogen-bond acceptors (Lipinski definition) is 4. The number of carbonyl (C=O) groups is 1. The fraction of sp³-hybridized carbons (Fsp3) is 0.167. The first-order valence-electron chi connectivity index (χ1n) is 5.08. The van der Waals surface area contributed by atoms with Crippen LogP contribution in [0, 0.1) is 0 Å². The number of anilines is 2. The van der Waals surface area contributed by atoms with E-state index in [0.29, 0.717) is 4.88 Å². The second kappa shape index (κ2) is 4.90. The third-order valence-corrected chi connectivity index (χ3v) is 3.19. The summed E-state index contributed by atoms with van der Waals surface area (Å²) in [5, 5.41) is 0.857. The van der Waals surface area contributed by atoms with Crippen molar-refractivity contribution in [3.63, 3.8) is 0 Å². The molecule has 0 radical (unpaired) electrons. The number of rotatable bonds is 4. The lowest BCUT2D eigenvalue weighted by atomic mass is 10.3. The summed E-state index contributed by atoms with van der Waals surface area (Å²) in [4.78, 5) is 17.6. The molecular weight excluding hydrogens is 220 g/mol. The van der Waals surface area contributed by atoms with Gasteiger partial charge in [-0.15, -0.1) is 0 Å². The summed E-state index contributed by atoms with van der Waals surface area (Å²) < 4.78 is 0. The van der Waals surface area contributed by atoms with Crippen molar-refractivity contribution >= 4 is 28.4 Å². The molecule has 1 aromatic carbocycles. The maximum absolute atomic E-state index is 10.6. The second-order valence-electron chi connectivity index (χ2n) is 3.24. The fourth-order valence-electron chi connectivity index (χ4n) is 1.49. The predicted molar refractivity (Wildman–Crippen MR) is 66.6 cm³/mol. The summed E-state index contributed by atoms with van der Waals surface area (Å²) in [5.74, 6) is 0. The third-order valence-electron chi connectivity index (χ3n) is 2.24. The summed E-state index contributed by atoms with van der Waals surface area (Å²) in [6.45, 7) is 2.89. The molecule has 4 heteroatoms. The van der Waals surface area contributed by atoms with Crippen LogP contribution >= 0.6 is 11.3 Å². The summed E-state index contributed by atoms with van der Waals surface area (Å²) in [7, 11) is 0. The van der Waals surface area contributed by atoms with Crippen molar-refractivity contribution in [1.82, 2.24) is 4.98 Å². The normalized spacial score (nSPS) is 10.1. The molecule has 0 aliphatic rings. The molecule has 1 heterocycles. The van der Waals surface area contributed by atoms with Crippen LogP contribution in [0.4, 0.5) is 10.8 Å². The van der Waals surface area contributed by atoms with Crippen LogP contribution in [0.5, 0.6) is 0 Å². The molecule has 0 unspecified atom stereocenters. The molecule has 0 atom stereocenters. The van der Waals surface area contributed by atoms with E-state index >= 15 is 0 Å². The van der Waals surface area contributed by atoms with Crippen LogP contribution in [0.15, 0.2) is 36.5 Å². The van der Waals surface area contributed by atoms with Crippen LogP contribution in [-0.4, -0.2) is 17.8 Å². The molecule has 0 saturated heterocycles. The van der Waals surface area contributed by atoms with E-state index in [1.807, 2.05) is 30.3 Å². The van der Waals surface area contributed by atoms with Gasteiger partial charge in [0.05, 0.1) is 11.1 Å². The highest BCUT2D eigenvalue weighted by Crippen LogP contribution is 2.28. The van der Waals surface area contributed by atoms with E-state index in [1.165, 1.54) is 11.3 Å². The van der Waals surface area contributed by atoms with Gasteiger partial charge in [-0.2, -0.15) is 0 Å². The van der Waals surface area contributed by atoms with E-state index in [-0.39, 0.29) is 0 Å². The fourth-order valence-corrected chi connectivity index (χ4v) is 2.31. The number of aldehydes is 1. The lowest BCUT2D eigenvalue weighted by molar-refractivity contribution is 0.112. The van der Waals surface area contributed by atoms with Gasteiger partial charge in [-0.05, 0) is 19.1 Å². The molecule has 3 nitrogen and oxygen atoms in total. The van der Waals surface area contributed by atoms with Gasteiger partial charge in [0.15, 0.2) is 11.4 Å². The van der Waals surface area contributed by atoms with Crippen LogP contribution in [0.25, 0.3) is 0 Å². The minimum atomic E-state index is 0.657. The minimum absolute atomic E-state index is 0.657. The number of thiazole rings is 1. The lowest BCUT2D eigenvalue weighted by Gasteiger charge is -2.19. The van der Waals surface area contributed by atoms with E-state index in [1.54, 1.807) is 6.20 Å². The van der Waals surface area contributed by atoms with E-state index in [4.69, 9.17) is 0 Å². The Morgan fingerprint density at radius 1 is 1.38 bits per heavy atom. The van der Waals surface area contributed by atoms with E-state index in [9.17, 15) is 4.79 Å². The number of hydrogen-bond donors (Lipinski definition) is 0. The maximum Gasteiger partial charge on any atom is 0.190 e. The second-order valence-corrected chi connectivity index (χ2v) is 4.28. The van der Waals surface area contributed by atoms with Gasteiger partial charge in [0.25, 0.3) is 0 Å². The minimum Gasteiger partial charge on any atom is -0.318 e. The van der Waals surface area contributed by atoms with E-state index < -0.39 is 0 Å². The Labute approximate surface area is 98.4 Å². The Hall–Kier alpha value is -1.68. The largest absolute Gasteiger partial charge is 0.318 e. The van der Waals surface area contributed by atoms with Gasteiger partial charge in [-0.1, -0.05) is 29.5 Å². The first kappa shape index (κ1) is 10.8. The number of para-hydroxylation sites is 1. The van der Waals surface area contributed by atoms with Crippen molar-refractivity contribution < 1.29 is 4.79 Å². The summed E-state index contributed by atoms with van der Waals surface area (Å²) in [6, 6.07) is 10.0. The molecule has 0 fully saturated rings. The molecular formula is C12H12N2OS. The van der Waals surface area contributed by atoms with Crippen molar-refractivity contribution in [2.24, 2.45) is 0 Å². The Morgan fingerprint density at radius 2 is 2.12 bits per heavy atom. The number of nitrogens with zero attached hydrogens (tertiary/aromatic N) is 2. The van der Waals surface area contributed by atoms with Crippen molar-refractivity contribution in [2.45, 2.75) is 6.92 Å². The molecule has 0 saturated carbocycles. The average Bonchev–Trinajstić information content (AvgIpc) is 2.80. The Kier molecular flexibility index (Phi) is 3.31. The predicted octanol–water partition coefficient (Wildman–Crippen LogP) is 3.11. The van der Waals surface area contributed by atoms with Gasteiger partial charge in [0.2, 0.25) is 0 Å². The zero-order valence-corrected chi connectivity index (χ0v) is 9.78. The molecule has 16 heavy (non-hydrogen) atoms. The summed E-state index contributed by atoms with van der Waals surface area (Å²) >= 11 is 1.41. The topological polar surface area (TPSA) is 33.2 Å². The standard InChI is InChI=1S/C12H12N2OS/c1-2-14(10-6-4-3-5-7-10)12-13-8-11(9-15)16-12/h3-9H,2H2,1H3. The van der Waals surface area contributed by atoms with Gasteiger partial charge < -0.3 is 4.90 Å². The maximum atomic E-state index is 10.6. The number of aromatic nitrogens is 1. The molecule has 0 aliphatic heterocycles. The molecule has 0 amide bonds. The highest BCUT2D eigenvalue weighted by Gasteiger charge is 2.10. The quantitative estimate of drug-likeness (QED) is 0.759. The van der Waals surface area contributed by atoms with Crippen molar-refractivity contribution in [1.29, 1.82) is 0 Å². The van der Waals surface area contributed by atoms with Gasteiger partial charge in [-0.25, -0.2) is 4.98 Å². The first-order chi connectivity index (χ1) is 7.85. The van der Waals surface area contributed by atoms with Crippen molar-refractivity contribution in [3.8, 4) is 0 Å². The summed E-state index contributed by atoms with van der Waals surface area (Å²) in [6.07, 6.45) is 2.44. The zero-order chi connectivity index (χ0) is 11.4. The van der Waals surface area contributed by atoms with E-state index in [0.717, 1.165) is 23.6 Å². The number of benzene rings is 1. The van der Waals surface area contributed by atoms with Crippen molar-refractivity contribution in [2.75, 3.05) is 11.4 Å². The molecule has 0 aliphatic carbocycles. The highest BCUT2D eigenvalue weighted by molar-refractivity contribution is 7.17. The zero-order valence-electron chi connectivity index (χ0n) is 8.96. The highest BCUT2D eigenvalue weighted by atomic mass is 32.1. The first-order valence-corrected chi connectivity index (χ1v) is 5.90. The third kappa shape index (κ3) is 2.12. The van der Waals surface area contributed by atoms with Gasteiger partial charge in [0, 0.05) is 12.2 Å². The van der Waals surface area contributed by atoms with Crippen LogP contribution < -0.4 is 4.90 Å². The van der Waals surface area contributed by atoms with Gasteiger partial charge >= 0.3 is 0 Å². The monoisotopic (exact) mass is 232 g/mol. The molecule has 2 aromatic rings. The molecule has 2 rings (SSSR count).